The first-order valence-electron chi connectivity index (χ1n) is 6.88. The summed E-state index contributed by atoms with van der Waals surface area (Å²) in [5, 5.41) is 25.3. The van der Waals surface area contributed by atoms with E-state index in [0.29, 0.717) is 17.1 Å². The van der Waals surface area contributed by atoms with Crippen LogP contribution in [-0.4, -0.2) is 10.8 Å². The summed E-state index contributed by atoms with van der Waals surface area (Å²) in [6.45, 7) is 0. The Morgan fingerprint density at radius 3 is 2.72 bits per heavy atom. The molecule has 0 unspecified atom stereocenters. The number of nitrogens with two attached hydrogens (primary N) is 1. The van der Waals surface area contributed by atoms with E-state index in [0.717, 1.165) is 6.20 Å². The van der Waals surface area contributed by atoms with E-state index in [1.165, 1.54) is 30.3 Å². The van der Waals surface area contributed by atoms with Crippen LogP contribution in [0, 0.1) is 21.4 Å². The van der Waals surface area contributed by atoms with Crippen LogP contribution in [0.5, 0.6) is 0 Å². The molecule has 2 rings (SSSR count). The Morgan fingerprint density at radius 1 is 1.32 bits per heavy atom. The minimum Gasteiger partial charge on any atom is -0.399 e. The zero-order valence-electron chi connectivity index (χ0n) is 12.7. The third-order valence-electron chi connectivity index (χ3n) is 3.05. The molecule has 9 heteroatoms. The molecule has 0 aromatic heterocycles. The maximum Gasteiger partial charge on any atom is 0.271 e. The topological polar surface area (TPSA) is 134 Å². The lowest BCUT2D eigenvalue weighted by Gasteiger charge is -2.07. The van der Waals surface area contributed by atoms with Crippen molar-refractivity contribution in [2.45, 2.75) is 0 Å². The second-order valence-electron chi connectivity index (χ2n) is 4.81. The summed E-state index contributed by atoms with van der Waals surface area (Å²) in [6, 6.07) is 11.9. The molecule has 126 valence electrons. The normalized spacial score (nSPS) is 10.6. The average Bonchev–Trinajstić information content (AvgIpc) is 2.58. The summed E-state index contributed by atoms with van der Waals surface area (Å²) >= 11 is 5.96. The fourth-order valence-electron chi connectivity index (χ4n) is 1.84. The van der Waals surface area contributed by atoms with Gasteiger partial charge in [0.05, 0.1) is 15.6 Å². The summed E-state index contributed by atoms with van der Waals surface area (Å²) in [5.41, 5.74) is 6.32. The maximum atomic E-state index is 12.1. The third-order valence-corrected chi connectivity index (χ3v) is 3.36. The molecule has 2 aromatic rings. The Kier molecular flexibility index (Phi) is 5.55. The van der Waals surface area contributed by atoms with E-state index < -0.39 is 10.8 Å². The molecule has 8 nitrogen and oxygen atoms in total. The molecule has 2 aromatic carbocycles. The predicted octanol–water partition coefficient (Wildman–Crippen LogP) is 3.29. The van der Waals surface area contributed by atoms with Gasteiger partial charge in [-0.15, -0.1) is 0 Å². The SMILES string of the molecule is N#C/C(=C/Nc1cccc([N+](=O)[O-])c1)C(=O)Nc1ccc(N)cc1Cl. The van der Waals surface area contributed by atoms with E-state index >= 15 is 0 Å². The number of rotatable bonds is 5. The van der Waals surface area contributed by atoms with Crippen LogP contribution in [0.3, 0.4) is 0 Å². The standard InChI is InChI=1S/C16H12ClN5O3/c17-14-6-11(19)4-5-15(14)21-16(23)10(8-18)9-20-12-2-1-3-13(7-12)22(24)25/h1-7,9,20H,19H2,(H,21,23)/b10-9-. The van der Waals surface area contributed by atoms with Crippen molar-refractivity contribution >= 4 is 40.3 Å². The molecule has 0 saturated carbocycles. The van der Waals surface area contributed by atoms with Crippen LogP contribution in [0.2, 0.25) is 5.02 Å². The highest BCUT2D eigenvalue weighted by molar-refractivity contribution is 6.34. The van der Waals surface area contributed by atoms with Gasteiger partial charge < -0.3 is 16.4 Å². The number of anilines is 3. The van der Waals surface area contributed by atoms with Gasteiger partial charge in [-0.1, -0.05) is 17.7 Å². The first-order valence-corrected chi connectivity index (χ1v) is 7.26. The highest BCUT2D eigenvalue weighted by Crippen LogP contribution is 2.24. The average molecular weight is 358 g/mol. The molecular formula is C16H12ClN5O3. The molecule has 0 atom stereocenters. The monoisotopic (exact) mass is 357 g/mol. The van der Waals surface area contributed by atoms with Crippen LogP contribution in [-0.2, 0) is 4.79 Å². The molecule has 0 heterocycles. The molecule has 0 aliphatic carbocycles. The number of amides is 1. The second-order valence-corrected chi connectivity index (χ2v) is 5.22. The van der Waals surface area contributed by atoms with Crippen molar-refractivity contribution < 1.29 is 9.72 Å². The van der Waals surface area contributed by atoms with Crippen molar-refractivity contribution in [3.05, 3.63) is 69.4 Å². The van der Waals surface area contributed by atoms with Crippen molar-refractivity contribution in [3.63, 3.8) is 0 Å². The van der Waals surface area contributed by atoms with Crippen molar-refractivity contribution in [3.8, 4) is 6.07 Å². The van der Waals surface area contributed by atoms with Gasteiger partial charge in [0.2, 0.25) is 0 Å². The maximum absolute atomic E-state index is 12.1. The zero-order chi connectivity index (χ0) is 18.4. The number of hydrogen-bond donors (Lipinski definition) is 3. The van der Waals surface area contributed by atoms with Gasteiger partial charge in [-0.3, -0.25) is 14.9 Å². The number of nitriles is 1. The van der Waals surface area contributed by atoms with Crippen LogP contribution in [0.25, 0.3) is 0 Å². The summed E-state index contributed by atoms with van der Waals surface area (Å²) in [7, 11) is 0. The fraction of sp³-hybridized carbons (Fsp3) is 0. The number of nitro benzene ring substituents is 1. The smallest absolute Gasteiger partial charge is 0.271 e. The number of hydrogen-bond acceptors (Lipinski definition) is 6. The van der Waals surface area contributed by atoms with Crippen LogP contribution in [0.4, 0.5) is 22.7 Å². The lowest BCUT2D eigenvalue weighted by molar-refractivity contribution is -0.384. The van der Waals surface area contributed by atoms with Crippen LogP contribution in [0.1, 0.15) is 0 Å². The van der Waals surface area contributed by atoms with Gasteiger partial charge in [-0.05, 0) is 24.3 Å². The van der Waals surface area contributed by atoms with Gasteiger partial charge >= 0.3 is 0 Å². The summed E-state index contributed by atoms with van der Waals surface area (Å²) in [5.74, 6) is -0.688. The lowest BCUT2D eigenvalue weighted by Crippen LogP contribution is -2.15. The van der Waals surface area contributed by atoms with E-state index in [4.69, 9.17) is 22.6 Å². The molecule has 0 saturated heterocycles. The van der Waals surface area contributed by atoms with Crippen molar-refractivity contribution in [2.24, 2.45) is 0 Å². The fourth-order valence-corrected chi connectivity index (χ4v) is 2.07. The van der Waals surface area contributed by atoms with Gasteiger partial charge in [0.1, 0.15) is 11.6 Å². The number of non-ortho nitro benzene ring substituents is 1. The Labute approximate surface area is 147 Å². The Bertz CT molecular complexity index is 905. The quantitative estimate of drug-likeness (QED) is 0.247. The number of nitrogens with zero attached hydrogens (tertiary/aromatic N) is 2. The highest BCUT2D eigenvalue weighted by Gasteiger charge is 2.12. The van der Waals surface area contributed by atoms with Crippen molar-refractivity contribution in [1.82, 2.24) is 0 Å². The highest BCUT2D eigenvalue weighted by atomic mass is 35.5. The number of benzene rings is 2. The van der Waals surface area contributed by atoms with Gasteiger partial charge in [0.15, 0.2) is 0 Å². The number of halogens is 1. The minimum absolute atomic E-state index is 0.116. The van der Waals surface area contributed by atoms with E-state index in [2.05, 4.69) is 10.6 Å². The summed E-state index contributed by atoms with van der Waals surface area (Å²) < 4.78 is 0. The number of nitrogens with one attached hydrogen (secondary N) is 2. The first kappa shape index (κ1) is 17.8. The second kappa shape index (κ2) is 7.81. The largest absolute Gasteiger partial charge is 0.399 e. The Morgan fingerprint density at radius 2 is 2.08 bits per heavy atom. The molecule has 0 fully saturated rings. The Balaban J connectivity index is 2.14. The van der Waals surface area contributed by atoms with Gasteiger partial charge in [-0.2, -0.15) is 5.26 Å². The lowest BCUT2D eigenvalue weighted by atomic mass is 10.2. The number of nitrogen functional groups attached to an aromatic ring is 1. The van der Waals surface area contributed by atoms with Crippen molar-refractivity contribution in [1.29, 1.82) is 5.26 Å². The van der Waals surface area contributed by atoms with E-state index in [9.17, 15) is 14.9 Å². The van der Waals surface area contributed by atoms with Gasteiger partial charge in [0, 0.05) is 29.7 Å². The molecule has 1 amide bonds. The molecule has 0 bridgehead atoms. The third kappa shape index (κ3) is 4.70. The molecule has 0 radical (unpaired) electrons. The van der Waals surface area contributed by atoms with Gasteiger partial charge in [0.25, 0.3) is 11.6 Å². The number of carbonyl (C=O) groups excluding carboxylic acids is 1. The van der Waals surface area contributed by atoms with Crippen LogP contribution in [0.15, 0.2) is 54.2 Å². The molecule has 0 aliphatic heterocycles. The summed E-state index contributed by atoms with van der Waals surface area (Å²) in [4.78, 5) is 22.3. The molecule has 4 N–H and O–H groups in total. The molecule has 0 aliphatic rings. The molecular weight excluding hydrogens is 346 g/mol. The van der Waals surface area contributed by atoms with E-state index in [1.54, 1.807) is 18.2 Å². The van der Waals surface area contributed by atoms with E-state index in [1.807, 2.05) is 0 Å². The zero-order valence-corrected chi connectivity index (χ0v) is 13.4. The number of nitro groups is 1. The first-order chi connectivity index (χ1) is 11.9. The predicted molar refractivity (Wildman–Crippen MR) is 94.9 cm³/mol. The van der Waals surface area contributed by atoms with Crippen LogP contribution < -0.4 is 16.4 Å². The minimum atomic E-state index is -0.688. The van der Waals surface area contributed by atoms with Gasteiger partial charge in [-0.25, -0.2) is 0 Å². The molecule has 0 spiro atoms. The van der Waals surface area contributed by atoms with Crippen LogP contribution >= 0.6 is 11.6 Å². The van der Waals surface area contributed by atoms with E-state index in [-0.39, 0.29) is 16.3 Å². The summed E-state index contributed by atoms with van der Waals surface area (Å²) in [6.07, 6.45) is 1.15. The molecule has 25 heavy (non-hydrogen) atoms. The van der Waals surface area contributed by atoms with Crippen molar-refractivity contribution in [2.75, 3.05) is 16.4 Å². The number of carbonyl (C=O) groups is 1. The Hall–Kier alpha value is -3.57.